The van der Waals surface area contributed by atoms with Gasteiger partial charge in [-0.3, -0.25) is 9.67 Å². The van der Waals surface area contributed by atoms with E-state index in [1.807, 2.05) is 30.9 Å². The highest BCUT2D eigenvalue weighted by molar-refractivity contribution is 5.34. The first-order valence-corrected chi connectivity index (χ1v) is 6.53. The fourth-order valence-electron chi connectivity index (χ4n) is 2.04. The largest absolute Gasteiger partial charge is 0.493 e. The maximum atomic E-state index is 6.35. The molecule has 2 aromatic heterocycles. The Kier molecular flexibility index (Phi) is 4.70. The van der Waals surface area contributed by atoms with Crippen LogP contribution in [0.25, 0.3) is 0 Å². The SMILES string of the molecule is COc1cnn(CCN(C)C)c1C(N)c1cccnc1. The van der Waals surface area contributed by atoms with Crippen molar-refractivity contribution < 1.29 is 4.74 Å². The molecule has 1 atom stereocenters. The summed E-state index contributed by atoms with van der Waals surface area (Å²) in [4.78, 5) is 6.22. The van der Waals surface area contributed by atoms with Gasteiger partial charge in [0.1, 0.15) is 5.69 Å². The van der Waals surface area contributed by atoms with Gasteiger partial charge in [-0.15, -0.1) is 0 Å². The first kappa shape index (κ1) is 14.5. The summed E-state index contributed by atoms with van der Waals surface area (Å²) in [5.41, 5.74) is 8.17. The number of nitrogens with zero attached hydrogens (tertiary/aromatic N) is 4. The van der Waals surface area contributed by atoms with Gasteiger partial charge < -0.3 is 15.4 Å². The van der Waals surface area contributed by atoms with E-state index in [0.29, 0.717) is 5.75 Å². The van der Waals surface area contributed by atoms with E-state index in [2.05, 4.69) is 15.0 Å². The third-order valence-electron chi connectivity index (χ3n) is 3.16. The second-order valence-corrected chi connectivity index (χ2v) is 4.89. The Bertz CT molecular complexity index is 538. The highest BCUT2D eigenvalue weighted by Gasteiger charge is 2.20. The molecule has 6 nitrogen and oxygen atoms in total. The second kappa shape index (κ2) is 6.49. The third kappa shape index (κ3) is 3.15. The zero-order valence-electron chi connectivity index (χ0n) is 12.2. The molecule has 0 fully saturated rings. The second-order valence-electron chi connectivity index (χ2n) is 4.89. The van der Waals surface area contributed by atoms with Crippen molar-refractivity contribution in [1.82, 2.24) is 19.7 Å². The van der Waals surface area contributed by atoms with Crippen LogP contribution in [0.3, 0.4) is 0 Å². The van der Waals surface area contributed by atoms with Gasteiger partial charge in [-0.25, -0.2) is 0 Å². The van der Waals surface area contributed by atoms with Crippen molar-refractivity contribution in [3.63, 3.8) is 0 Å². The summed E-state index contributed by atoms with van der Waals surface area (Å²) in [5, 5.41) is 4.37. The molecule has 108 valence electrons. The fraction of sp³-hybridized carbons (Fsp3) is 0.429. The van der Waals surface area contributed by atoms with Gasteiger partial charge in [0.05, 0.1) is 25.9 Å². The normalized spacial score (nSPS) is 12.7. The number of pyridine rings is 1. The smallest absolute Gasteiger partial charge is 0.161 e. The number of methoxy groups -OCH3 is 1. The molecular formula is C14H21N5O. The highest BCUT2D eigenvalue weighted by Crippen LogP contribution is 2.27. The summed E-state index contributed by atoms with van der Waals surface area (Å²) in [6.45, 7) is 1.65. The van der Waals surface area contributed by atoms with E-state index in [0.717, 1.165) is 24.3 Å². The summed E-state index contributed by atoms with van der Waals surface area (Å²) in [6.07, 6.45) is 5.21. The van der Waals surface area contributed by atoms with Gasteiger partial charge in [0, 0.05) is 18.9 Å². The minimum atomic E-state index is -0.302. The maximum Gasteiger partial charge on any atom is 0.161 e. The molecular weight excluding hydrogens is 254 g/mol. The number of rotatable bonds is 6. The molecule has 0 aromatic carbocycles. The molecule has 0 saturated heterocycles. The number of likely N-dealkylation sites (N-methyl/N-ethyl adjacent to an activating group) is 1. The fourth-order valence-corrected chi connectivity index (χ4v) is 2.04. The number of aromatic nitrogens is 3. The van der Waals surface area contributed by atoms with Crippen molar-refractivity contribution in [3.8, 4) is 5.75 Å². The molecule has 0 aliphatic rings. The van der Waals surface area contributed by atoms with Crippen molar-refractivity contribution in [1.29, 1.82) is 0 Å². The van der Waals surface area contributed by atoms with Crippen LogP contribution in [0.15, 0.2) is 30.7 Å². The maximum absolute atomic E-state index is 6.35. The van der Waals surface area contributed by atoms with Gasteiger partial charge >= 0.3 is 0 Å². The number of ether oxygens (including phenoxy) is 1. The standard InChI is InChI=1S/C14H21N5O/c1-18(2)7-8-19-14(12(20-3)10-17-19)13(15)11-5-4-6-16-9-11/h4-6,9-10,13H,7-8,15H2,1-3H3. The Morgan fingerprint density at radius 3 is 2.80 bits per heavy atom. The Morgan fingerprint density at radius 1 is 1.40 bits per heavy atom. The number of hydrogen-bond acceptors (Lipinski definition) is 5. The van der Waals surface area contributed by atoms with Gasteiger partial charge in [0.15, 0.2) is 5.75 Å². The monoisotopic (exact) mass is 275 g/mol. The lowest BCUT2D eigenvalue weighted by Crippen LogP contribution is -2.23. The van der Waals surface area contributed by atoms with Crippen LogP contribution in [0, 0.1) is 0 Å². The molecule has 0 spiro atoms. The molecule has 0 amide bonds. The van der Waals surface area contributed by atoms with Crippen LogP contribution < -0.4 is 10.5 Å². The Morgan fingerprint density at radius 2 is 2.20 bits per heavy atom. The number of nitrogens with two attached hydrogens (primary N) is 1. The molecule has 2 N–H and O–H groups in total. The zero-order chi connectivity index (χ0) is 14.5. The van der Waals surface area contributed by atoms with E-state index in [-0.39, 0.29) is 6.04 Å². The molecule has 0 saturated carbocycles. The summed E-state index contributed by atoms with van der Waals surface area (Å²) < 4.78 is 7.28. The Hall–Kier alpha value is -1.92. The number of hydrogen-bond donors (Lipinski definition) is 1. The van der Waals surface area contributed by atoms with Gasteiger partial charge in [0.25, 0.3) is 0 Å². The lowest BCUT2D eigenvalue weighted by atomic mass is 10.1. The van der Waals surface area contributed by atoms with Crippen molar-refractivity contribution in [3.05, 3.63) is 42.0 Å². The molecule has 2 aromatic rings. The van der Waals surface area contributed by atoms with E-state index < -0.39 is 0 Å². The van der Waals surface area contributed by atoms with E-state index >= 15 is 0 Å². The molecule has 0 bridgehead atoms. The molecule has 20 heavy (non-hydrogen) atoms. The lowest BCUT2D eigenvalue weighted by molar-refractivity contribution is 0.363. The summed E-state index contributed by atoms with van der Waals surface area (Å²) in [5.74, 6) is 0.708. The minimum absolute atomic E-state index is 0.302. The van der Waals surface area contributed by atoms with Crippen LogP contribution in [0.5, 0.6) is 5.75 Å². The topological polar surface area (TPSA) is 69.2 Å². The van der Waals surface area contributed by atoms with Gasteiger partial charge in [0.2, 0.25) is 0 Å². The van der Waals surface area contributed by atoms with Crippen molar-refractivity contribution in [2.45, 2.75) is 12.6 Å². The third-order valence-corrected chi connectivity index (χ3v) is 3.16. The molecule has 0 aliphatic heterocycles. The van der Waals surface area contributed by atoms with Gasteiger partial charge in [-0.2, -0.15) is 5.10 Å². The van der Waals surface area contributed by atoms with E-state index in [9.17, 15) is 0 Å². The van der Waals surface area contributed by atoms with Crippen LogP contribution >= 0.6 is 0 Å². The van der Waals surface area contributed by atoms with E-state index in [4.69, 9.17) is 10.5 Å². The van der Waals surface area contributed by atoms with Crippen molar-refractivity contribution >= 4 is 0 Å². The first-order valence-electron chi connectivity index (χ1n) is 6.53. The zero-order valence-corrected chi connectivity index (χ0v) is 12.2. The van der Waals surface area contributed by atoms with Crippen LogP contribution in [-0.2, 0) is 6.54 Å². The average Bonchev–Trinajstić information content (AvgIpc) is 2.88. The molecule has 1 unspecified atom stereocenters. The van der Waals surface area contributed by atoms with Crippen molar-refractivity contribution in [2.24, 2.45) is 5.73 Å². The van der Waals surface area contributed by atoms with E-state index in [1.165, 1.54) is 0 Å². The van der Waals surface area contributed by atoms with Crippen LogP contribution in [0.1, 0.15) is 17.3 Å². The molecule has 2 rings (SSSR count). The summed E-state index contributed by atoms with van der Waals surface area (Å²) >= 11 is 0. The Labute approximate surface area is 119 Å². The summed E-state index contributed by atoms with van der Waals surface area (Å²) in [6, 6.07) is 3.53. The van der Waals surface area contributed by atoms with Crippen LogP contribution in [0.2, 0.25) is 0 Å². The molecule has 2 heterocycles. The van der Waals surface area contributed by atoms with E-state index in [1.54, 1.807) is 25.7 Å². The van der Waals surface area contributed by atoms with Crippen LogP contribution in [-0.4, -0.2) is 47.4 Å². The highest BCUT2D eigenvalue weighted by atomic mass is 16.5. The predicted octanol–water partition coefficient (Wildman–Crippen LogP) is 0.896. The molecule has 6 heteroatoms. The molecule has 0 radical (unpaired) electrons. The van der Waals surface area contributed by atoms with Gasteiger partial charge in [-0.05, 0) is 25.7 Å². The van der Waals surface area contributed by atoms with Gasteiger partial charge in [-0.1, -0.05) is 6.07 Å². The average molecular weight is 275 g/mol. The summed E-state index contributed by atoms with van der Waals surface area (Å²) in [7, 11) is 5.69. The Balaban J connectivity index is 2.30. The molecule has 0 aliphatic carbocycles. The first-order chi connectivity index (χ1) is 9.63. The van der Waals surface area contributed by atoms with Crippen molar-refractivity contribution in [2.75, 3.05) is 27.7 Å². The van der Waals surface area contributed by atoms with Crippen LogP contribution in [0.4, 0.5) is 0 Å². The quantitative estimate of drug-likeness (QED) is 0.848. The lowest BCUT2D eigenvalue weighted by Gasteiger charge is -2.17. The minimum Gasteiger partial charge on any atom is -0.493 e. The predicted molar refractivity (Wildman–Crippen MR) is 77.6 cm³/mol.